The number of benzene rings is 5. The molecule has 1 heteroatoms. The highest BCUT2D eigenvalue weighted by molar-refractivity contribution is 6.09. The molecule has 1 aliphatic carbocycles. The molecule has 178 valence electrons. The SMILES string of the molecule is CC.CC1(C)c2ccccc2-c2ccccc21.c1ccc(-n2c3ccccc3c3ccccc32)cc1. The summed E-state index contributed by atoms with van der Waals surface area (Å²) < 4.78 is 2.32. The van der Waals surface area contributed by atoms with Crippen molar-refractivity contribution in [3.05, 3.63) is 139 Å². The molecule has 6 aromatic rings. The van der Waals surface area contributed by atoms with Crippen LogP contribution in [0.2, 0.25) is 0 Å². The standard InChI is InChI=1S/C18H13N.C15H14.C2H6/c1-2-8-14(9-3-1)19-17-12-6-4-10-15(17)16-11-5-7-13-18(16)19;1-15(2)13-9-5-3-7-11(13)12-8-4-6-10-14(12)15;1-2/h1-13H;3-10H,1-2H3;1-2H3. The Morgan fingerprint density at radius 1 is 0.444 bits per heavy atom. The van der Waals surface area contributed by atoms with E-state index in [4.69, 9.17) is 0 Å². The molecule has 0 bridgehead atoms. The Bertz CT molecular complexity index is 1520. The number of hydrogen-bond acceptors (Lipinski definition) is 0. The Hall–Kier alpha value is -4.10. The molecule has 36 heavy (non-hydrogen) atoms. The summed E-state index contributed by atoms with van der Waals surface area (Å²) >= 11 is 0. The lowest BCUT2D eigenvalue weighted by Crippen LogP contribution is -2.14. The van der Waals surface area contributed by atoms with Crippen LogP contribution in [-0.4, -0.2) is 4.57 Å². The van der Waals surface area contributed by atoms with Gasteiger partial charge in [-0.3, -0.25) is 0 Å². The molecule has 0 spiro atoms. The van der Waals surface area contributed by atoms with E-state index in [0.29, 0.717) is 0 Å². The summed E-state index contributed by atoms with van der Waals surface area (Å²) in [6, 6.07) is 45.1. The summed E-state index contributed by atoms with van der Waals surface area (Å²) in [7, 11) is 0. The molecule has 0 saturated carbocycles. The highest BCUT2D eigenvalue weighted by Crippen LogP contribution is 2.48. The van der Waals surface area contributed by atoms with Crippen molar-refractivity contribution in [3.8, 4) is 16.8 Å². The maximum atomic E-state index is 2.32. The molecular formula is C35H33N. The van der Waals surface area contributed by atoms with Crippen molar-refractivity contribution in [3.63, 3.8) is 0 Å². The van der Waals surface area contributed by atoms with E-state index in [0.717, 1.165) is 0 Å². The predicted molar refractivity (Wildman–Crippen MR) is 156 cm³/mol. The molecule has 0 radical (unpaired) electrons. The van der Waals surface area contributed by atoms with E-state index in [-0.39, 0.29) is 5.41 Å². The molecule has 1 nitrogen and oxygen atoms in total. The van der Waals surface area contributed by atoms with Crippen LogP contribution in [0.3, 0.4) is 0 Å². The average molecular weight is 468 g/mol. The van der Waals surface area contributed by atoms with Crippen LogP contribution in [-0.2, 0) is 5.41 Å². The van der Waals surface area contributed by atoms with Gasteiger partial charge < -0.3 is 4.57 Å². The van der Waals surface area contributed by atoms with Gasteiger partial charge in [-0.2, -0.15) is 0 Å². The van der Waals surface area contributed by atoms with Crippen molar-refractivity contribution in [2.24, 2.45) is 0 Å². The lowest BCUT2D eigenvalue weighted by molar-refractivity contribution is 0.660. The largest absolute Gasteiger partial charge is 0.309 e. The minimum absolute atomic E-state index is 0.160. The third-order valence-electron chi connectivity index (χ3n) is 7.09. The number of fused-ring (bicyclic) bond motifs is 6. The second-order valence-corrected chi connectivity index (χ2v) is 9.42. The molecule has 1 aliphatic rings. The second-order valence-electron chi connectivity index (χ2n) is 9.42. The summed E-state index contributed by atoms with van der Waals surface area (Å²) in [5.41, 5.74) is 9.59. The number of rotatable bonds is 1. The number of aromatic nitrogens is 1. The monoisotopic (exact) mass is 467 g/mol. The molecule has 1 aromatic heterocycles. The normalized spacial score (nSPS) is 12.7. The summed E-state index contributed by atoms with van der Waals surface area (Å²) in [5, 5.41) is 2.61. The van der Waals surface area contributed by atoms with Gasteiger partial charge in [0.2, 0.25) is 0 Å². The van der Waals surface area contributed by atoms with Gasteiger partial charge in [-0.15, -0.1) is 0 Å². The zero-order valence-electron chi connectivity index (χ0n) is 21.6. The summed E-state index contributed by atoms with van der Waals surface area (Å²) in [6.45, 7) is 8.61. The number of para-hydroxylation sites is 3. The van der Waals surface area contributed by atoms with Crippen LogP contribution in [0, 0.1) is 0 Å². The minimum Gasteiger partial charge on any atom is -0.309 e. The van der Waals surface area contributed by atoms with Gasteiger partial charge in [-0.05, 0) is 46.5 Å². The number of nitrogens with zero attached hydrogens (tertiary/aromatic N) is 1. The van der Waals surface area contributed by atoms with Crippen molar-refractivity contribution in [1.29, 1.82) is 0 Å². The Kier molecular flexibility index (Phi) is 6.48. The van der Waals surface area contributed by atoms with E-state index in [2.05, 4.69) is 146 Å². The first-order valence-electron chi connectivity index (χ1n) is 12.9. The van der Waals surface area contributed by atoms with Crippen LogP contribution in [0.25, 0.3) is 38.6 Å². The van der Waals surface area contributed by atoms with Crippen molar-refractivity contribution in [1.82, 2.24) is 4.57 Å². The minimum atomic E-state index is 0.160. The van der Waals surface area contributed by atoms with E-state index >= 15 is 0 Å². The quantitative estimate of drug-likeness (QED) is 0.227. The van der Waals surface area contributed by atoms with Crippen LogP contribution in [0.15, 0.2) is 127 Å². The third kappa shape index (κ3) is 3.91. The van der Waals surface area contributed by atoms with Crippen LogP contribution in [0.4, 0.5) is 0 Å². The summed E-state index contributed by atoms with van der Waals surface area (Å²) in [6.07, 6.45) is 0. The second kappa shape index (κ2) is 9.87. The Morgan fingerprint density at radius 3 is 1.33 bits per heavy atom. The fourth-order valence-electron chi connectivity index (χ4n) is 5.45. The predicted octanol–water partition coefficient (Wildman–Crippen LogP) is 9.80. The summed E-state index contributed by atoms with van der Waals surface area (Å²) in [5.74, 6) is 0. The van der Waals surface area contributed by atoms with Crippen LogP contribution in [0.1, 0.15) is 38.8 Å². The van der Waals surface area contributed by atoms with E-state index in [9.17, 15) is 0 Å². The first-order chi connectivity index (χ1) is 17.7. The van der Waals surface area contributed by atoms with E-state index in [1.807, 2.05) is 13.8 Å². The molecule has 0 atom stereocenters. The van der Waals surface area contributed by atoms with Crippen LogP contribution < -0.4 is 0 Å². The topological polar surface area (TPSA) is 4.93 Å². The first kappa shape index (κ1) is 23.6. The Morgan fingerprint density at radius 2 is 0.833 bits per heavy atom. The molecule has 1 heterocycles. The van der Waals surface area contributed by atoms with Gasteiger partial charge in [-0.1, -0.05) is 131 Å². The van der Waals surface area contributed by atoms with Crippen molar-refractivity contribution in [2.75, 3.05) is 0 Å². The van der Waals surface area contributed by atoms with Crippen molar-refractivity contribution < 1.29 is 0 Å². The average Bonchev–Trinajstić information content (AvgIpc) is 3.41. The van der Waals surface area contributed by atoms with Gasteiger partial charge >= 0.3 is 0 Å². The van der Waals surface area contributed by atoms with Gasteiger partial charge in [0.05, 0.1) is 11.0 Å². The molecule has 0 N–H and O–H groups in total. The number of hydrogen-bond donors (Lipinski definition) is 0. The fourth-order valence-corrected chi connectivity index (χ4v) is 5.45. The van der Waals surface area contributed by atoms with E-state index in [1.165, 1.54) is 49.7 Å². The lowest BCUT2D eigenvalue weighted by atomic mass is 9.82. The van der Waals surface area contributed by atoms with Crippen molar-refractivity contribution in [2.45, 2.75) is 33.1 Å². The molecule has 0 amide bonds. The van der Waals surface area contributed by atoms with Crippen LogP contribution >= 0.6 is 0 Å². The summed E-state index contributed by atoms with van der Waals surface area (Å²) in [4.78, 5) is 0. The van der Waals surface area contributed by atoms with Gasteiger partial charge in [0, 0.05) is 21.9 Å². The van der Waals surface area contributed by atoms with Gasteiger partial charge in [-0.25, -0.2) is 0 Å². The highest BCUT2D eigenvalue weighted by Gasteiger charge is 2.34. The van der Waals surface area contributed by atoms with Crippen molar-refractivity contribution >= 4 is 21.8 Å². The van der Waals surface area contributed by atoms with E-state index in [1.54, 1.807) is 0 Å². The smallest absolute Gasteiger partial charge is 0.0541 e. The van der Waals surface area contributed by atoms with Gasteiger partial charge in [0.25, 0.3) is 0 Å². The molecule has 0 unspecified atom stereocenters. The molecule has 5 aromatic carbocycles. The van der Waals surface area contributed by atoms with E-state index < -0.39 is 0 Å². The zero-order valence-corrected chi connectivity index (χ0v) is 21.6. The molecule has 0 fully saturated rings. The first-order valence-corrected chi connectivity index (χ1v) is 12.9. The molecule has 0 saturated heterocycles. The third-order valence-corrected chi connectivity index (χ3v) is 7.09. The zero-order chi connectivity index (χ0) is 25.1. The maximum Gasteiger partial charge on any atom is 0.0541 e. The lowest BCUT2D eigenvalue weighted by Gasteiger charge is -2.20. The van der Waals surface area contributed by atoms with Crippen LogP contribution in [0.5, 0.6) is 0 Å². The van der Waals surface area contributed by atoms with Gasteiger partial charge in [0.1, 0.15) is 0 Å². The fraction of sp³-hybridized carbons (Fsp3) is 0.143. The maximum absolute atomic E-state index is 2.32. The Labute approximate surface area is 214 Å². The Balaban J connectivity index is 0.000000142. The molecular weight excluding hydrogens is 434 g/mol. The molecule has 7 rings (SSSR count). The highest BCUT2D eigenvalue weighted by atomic mass is 15.0. The molecule has 0 aliphatic heterocycles. The van der Waals surface area contributed by atoms with Gasteiger partial charge in [0.15, 0.2) is 0 Å².